The van der Waals surface area contributed by atoms with E-state index < -0.39 is 0 Å². The Kier molecular flexibility index (Phi) is 2.78. The number of hydrogen-bond donors (Lipinski definition) is 0. The van der Waals surface area contributed by atoms with Crippen LogP contribution in [0.5, 0.6) is 0 Å². The number of carbonyl (C=O) groups is 1. The van der Waals surface area contributed by atoms with Gasteiger partial charge in [0.25, 0.3) is 0 Å². The average molecular weight is 223 g/mol. The third-order valence-electron chi connectivity index (χ3n) is 2.44. The van der Waals surface area contributed by atoms with Crippen LogP contribution in [-0.2, 0) is 4.74 Å². The summed E-state index contributed by atoms with van der Waals surface area (Å²) in [7, 11) is 0. The number of ketones is 1. The minimum atomic E-state index is -0.0764. The normalized spacial score (nSPS) is 14.7. The van der Waals surface area contributed by atoms with Crippen LogP contribution < -0.4 is 0 Å². The van der Waals surface area contributed by atoms with Crippen molar-refractivity contribution in [1.82, 2.24) is 0 Å². The van der Waals surface area contributed by atoms with Crippen molar-refractivity contribution in [2.24, 2.45) is 0 Å². The molecule has 1 aromatic carbocycles. The fourth-order valence-electron chi connectivity index (χ4n) is 1.56. The zero-order valence-corrected chi connectivity index (χ0v) is 9.17. The van der Waals surface area contributed by atoms with E-state index in [1.54, 1.807) is 18.2 Å². The molecular formula is C12H11ClO2. The monoisotopic (exact) mass is 222 g/mol. The van der Waals surface area contributed by atoms with E-state index in [9.17, 15) is 4.79 Å². The highest BCUT2D eigenvalue weighted by Gasteiger charge is 2.19. The lowest BCUT2D eigenvalue weighted by molar-refractivity contribution is 0.0941. The molecule has 0 atom stereocenters. The molecule has 1 aliphatic rings. The third-order valence-corrected chi connectivity index (χ3v) is 2.85. The van der Waals surface area contributed by atoms with Gasteiger partial charge in [0.15, 0.2) is 5.76 Å². The number of rotatable bonds is 2. The standard InChI is InChI=1S/C12H11ClO2/c1-8-9(4-2-5-10(8)13)12(14)11-6-3-7-15-11/h2,4-6H,3,7H2,1H3. The van der Waals surface area contributed by atoms with Gasteiger partial charge in [-0.1, -0.05) is 23.7 Å². The number of carbonyl (C=O) groups excluding carboxylic acids is 1. The molecule has 0 radical (unpaired) electrons. The lowest BCUT2D eigenvalue weighted by atomic mass is 10.0. The summed E-state index contributed by atoms with van der Waals surface area (Å²) >= 11 is 5.95. The second kappa shape index (κ2) is 4.07. The van der Waals surface area contributed by atoms with Gasteiger partial charge >= 0.3 is 0 Å². The molecule has 0 aromatic heterocycles. The van der Waals surface area contributed by atoms with Gasteiger partial charge in [0.1, 0.15) is 0 Å². The van der Waals surface area contributed by atoms with Crippen LogP contribution >= 0.6 is 11.6 Å². The lowest BCUT2D eigenvalue weighted by Gasteiger charge is -2.07. The summed E-state index contributed by atoms with van der Waals surface area (Å²) in [4.78, 5) is 12.0. The van der Waals surface area contributed by atoms with Crippen molar-refractivity contribution in [2.75, 3.05) is 6.61 Å². The van der Waals surface area contributed by atoms with Crippen LogP contribution in [0.25, 0.3) is 0 Å². The molecule has 3 heteroatoms. The van der Waals surface area contributed by atoms with Gasteiger partial charge in [0, 0.05) is 17.0 Å². The van der Waals surface area contributed by atoms with Gasteiger partial charge in [0.05, 0.1) is 6.61 Å². The van der Waals surface area contributed by atoms with Crippen LogP contribution in [0.1, 0.15) is 22.3 Å². The first-order valence-corrected chi connectivity index (χ1v) is 5.20. The van der Waals surface area contributed by atoms with E-state index in [0.29, 0.717) is 23.0 Å². The molecule has 0 saturated carbocycles. The maximum absolute atomic E-state index is 12.0. The summed E-state index contributed by atoms with van der Waals surface area (Å²) in [5, 5.41) is 0.611. The minimum absolute atomic E-state index is 0.0764. The van der Waals surface area contributed by atoms with Crippen LogP contribution in [0.15, 0.2) is 30.0 Å². The van der Waals surface area contributed by atoms with Crippen molar-refractivity contribution in [3.63, 3.8) is 0 Å². The number of Topliss-reactive ketones (excluding diaryl/α,β-unsaturated/α-hetero) is 1. The number of ether oxygens (including phenoxy) is 1. The Labute approximate surface area is 93.5 Å². The number of hydrogen-bond acceptors (Lipinski definition) is 2. The molecule has 15 heavy (non-hydrogen) atoms. The molecule has 1 aromatic rings. The van der Waals surface area contributed by atoms with Crippen molar-refractivity contribution in [1.29, 1.82) is 0 Å². The van der Waals surface area contributed by atoms with Crippen LogP contribution in [0.4, 0.5) is 0 Å². The highest BCUT2D eigenvalue weighted by molar-refractivity contribution is 6.32. The van der Waals surface area contributed by atoms with Crippen molar-refractivity contribution in [3.8, 4) is 0 Å². The van der Waals surface area contributed by atoms with Crippen LogP contribution in [0.3, 0.4) is 0 Å². The average Bonchev–Trinajstić information content (AvgIpc) is 2.74. The highest BCUT2D eigenvalue weighted by Crippen LogP contribution is 2.23. The van der Waals surface area contributed by atoms with Crippen LogP contribution in [0.2, 0.25) is 5.02 Å². The quantitative estimate of drug-likeness (QED) is 0.719. The van der Waals surface area contributed by atoms with Gasteiger partial charge in [-0.2, -0.15) is 0 Å². The lowest BCUT2D eigenvalue weighted by Crippen LogP contribution is -2.06. The smallest absolute Gasteiger partial charge is 0.227 e. The largest absolute Gasteiger partial charge is 0.489 e. The Morgan fingerprint density at radius 3 is 2.93 bits per heavy atom. The molecular weight excluding hydrogens is 212 g/mol. The Morgan fingerprint density at radius 2 is 2.27 bits per heavy atom. The van der Waals surface area contributed by atoms with E-state index in [2.05, 4.69) is 0 Å². The molecule has 0 aliphatic carbocycles. The first-order chi connectivity index (χ1) is 7.20. The summed E-state index contributed by atoms with van der Waals surface area (Å²) in [6.45, 7) is 2.44. The van der Waals surface area contributed by atoms with Crippen molar-refractivity contribution >= 4 is 17.4 Å². The molecule has 1 aliphatic heterocycles. The van der Waals surface area contributed by atoms with E-state index in [-0.39, 0.29) is 5.78 Å². The Balaban J connectivity index is 2.37. The Hall–Kier alpha value is -1.28. The minimum Gasteiger partial charge on any atom is -0.489 e. The molecule has 0 bridgehead atoms. The molecule has 1 heterocycles. The van der Waals surface area contributed by atoms with Crippen molar-refractivity contribution in [3.05, 3.63) is 46.2 Å². The summed E-state index contributed by atoms with van der Waals surface area (Å²) in [6.07, 6.45) is 2.63. The zero-order valence-electron chi connectivity index (χ0n) is 8.42. The van der Waals surface area contributed by atoms with Crippen molar-refractivity contribution in [2.45, 2.75) is 13.3 Å². The second-order valence-electron chi connectivity index (χ2n) is 3.45. The molecule has 0 amide bonds. The molecule has 2 nitrogen and oxygen atoms in total. The molecule has 0 spiro atoms. The van der Waals surface area contributed by atoms with Gasteiger partial charge in [-0.15, -0.1) is 0 Å². The van der Waals surface area contributed by atoms with E-state index in [1.807, 2.05) is 13.0 Å². The molecule has 78 valence electrons. The number of halogens is 1. The number of benzene rings is 1. The Morgan fingerprint density at radius 1 is 1.47 bits per heavy atom. The van der Waals surface area contributed by atoms with Crippen LogP contribution in [-0.4, -0.2) is 12.4 Å². The van der Waals surface area contributed by atoms with E-state index >= 15 is 0 Å². The summed E-state index contributed by atoms with van der Waals surface area (Å²) in [5.74, 6) is 0.368. The summed E-state index contributed by atoms with van der Waals surface area (Å²) < 4.78 is 5.23. The van der Waals surface area contributed by atoms with Gasteiger partial charge < -0.3 is 4.74 Å². The third kappa shape index (κ3) is 1.90. The first-order valence-electron chi connectivity index (χ1n) is 4.83. The van der Waals surface area contributed by atoms with E-state index in [1.165, 1.54) is 0 Å². The first kappa shape index (κ1) is 10.2. The van der Waals surface area contributed by atoms with Gasteiger partial charge in [-0.3, -0.25) is 4.79 Å². The summed E-state index contributed by atoms with van der Waals surface area (Å²) in [5.41, 5.74) is 1.43. The van der Waals surface area contributed by atoms with E-state index in [4.69, 9.17) is 16.3 Å². The number of allylic oxidation sites excluding steroid dienone is 1. The molecule has 0 fully saturated rings. The summed E-state index contributed by atoms with van der Waals surface area (Å²) in [6, 6.07) is 5.32. The topological polar surface area (TPSA) is 26.3 Å². The SMILES string of the molecule is Cc1c(Cl)cccc1C(=O)C1=CCCO1. The molecule has 2 rings (SSSR count). The van der Waals surface area contributed by atoms with Crippen molar-refractivity contribution < 1.29 is 9.53 Å². The molecule has 0 saturated heterocycles. The fourth-order valence-corrected chi connectivity index (χ4v) is 1.74. The Bertz CT molecular complexity index is 435. The molecule has 0 N–H and O–H groups in total. The molecule has 0 unspecified atom stereocenters. The maximum Gasteiger partial charge on any atom is 0.227 e. The predicted molar refractivity (Wildman–Crippen MR) is 59.2 cm³/mol. The van der Waals surface area contributed by atoms with E-state index in [0.717, 1.165) is 12.0 Å². The van der Waals surface area contributed by atoms with Gasteiger partial charge in [-0.25, -0.2) is 0 Å². The maximum atomic E-state index is 12.0. The van der Waals surface area contributed by atoms with Crippen LogP contribution in [0, 0.1) is 6.92 Å². The zero-order chi connectivity index (χ0) is 10.8. The van der Waals surface area contributed by atoms with Gasteiger partial charge in [-0.05, 0) is 24.6 Å². The highest BCUT2D eigenvalue weighted by atomic mass is 35.5. The fraction of sp³-hybridized carbons (Fsp3) is 0.250. The predicted octanol–water partition coefficient (Wildman–Crippen LogP) is 3.14. The van der Waals surface area contributed by atoms with Gasteiger partial charge in [0.2, 0.25) is 5.78 Å². The second-order valence-corrected chi connectivity index (χ2v) is 3.85.